The van der Waals surface area contributed by atoms with Gasteiger partial charge in [0.25, 0.3) is 0 Å². The van der Waals surface area contributed by atoms with Crippen LogP contribution < -0.4 is 20.5 Å². The van der Waals surface area contributed by atoms with Crippen molar-refractivity contribution in [3.05, 3.63) is 36.7 Å². The highest BCUT2D eigenvalue weighted by molar-refractivity contribution is 7.22. The van der Waals surface area contributed by atoms with Crippen LogP contribution >= 0.6 is 11.3 Å². The van der Waals surface area contributed by atoms with E-state index < -0.39 is 0 Å². The van der Waals surface area contributed by atoms with Crippen molar-refractivity contribution >= 4 is 49.1 Å². The number of nitrogens with two attached hydrogens (primary N) is 1. The molecule has 0 aliphatic heterocycles. The van der Waals surface area contributed by atoms with Crippen LogP contribution in [0.3, 0.4) is 0 Å². The van der Waals surface area contributed by atoms with E-state index in [1.807, 2.05) is 30.3 Å². The Morgan fingerprint density at radius 2 is 1.80 bits per heavy atom. The van der Waals surface area contributed by atoms with Crippen molar-refractivity contribution < 1.29 is 9.47 Å². The summed E-state index contributed by atoms with van der Waals surface area (Å²) in [6.07, 6.45) is 1.50. The summed E-state index contributed by atoms with van der Waals surface area (Å²) in [5.41, 5.74) is 8.19. The Kier molecular flexibility index (Phi) is 3.73. The van der Waals surface area contributed by atoms with Crippen LogP contribution in [-0.4, -0.2) is 29.2 Å². The van der Waals surface area contributed by atoms with Crippen molar-refractivity contribution in [3.8, 4) is 11.5 Å². The molecule has 8 heteroatoms. The van der Waals surface area contributed by atoms with E-state index in [1.54, 1.807) is 14.2 Å². The second kappa shape index (κ2) is 6.06. The van der Waals surface area contributed by atoms with Gasteiger partial charge in [0.1, 0.15) is 12.1 Å². The number of aromatic nitrogens is 3. The fourth-order valence-corrected chi connectivity index (χ4v) is 3.49. The third-order valence-corrected chi connectivity index (χ3v) is 4.71. The van der Waals surface area contributed by atoms with Gasteiger partial charge in [0.15, 0.2) is 16.6 Å². The first-order chi connectivity index (χ1) is 12.2. The molecular formula is C17H15N5O2S. The monoisotopic (exact) mass is 353 g/mol. The highest BCUT2D eigenvalue weighted by Crippen LogP contribution is 2.35. The normalized spacial score (nSPS) is 11.0. The van der Waals surface area contributed by atoms with Gasteiger partial charge in [-0.25, -0.2) is 15.0 Å². The lowest BCUT2D eigenvalue weighted by molar-refractivity contribution is 0.356. The van der Waals surface area contributed by atoms with E-state index in [0.29, 0.717) is 23.0 Å². The van der Waals surface area contributed by atoms with E-state index in [2.05, 4.69) is 20.3 Å². The van der Waals surface area contributed by atoms with Crippen molar-refractivity contribution in [1.82, 2.24) is 15.0 Å². The Morgan fingerprint density at radius 1 is 1.00 bits per heavy atom. The molecule has 0 bridgehead atoms. The standard InChI is InChI=1S/C17H15N5O2S/c1-23-13-6-10-12(7-14(13)24-2)19-8-20-16(10)22-17-21-11-4-3-9(18)5-15(11)25-17/h3-8H,18H2,1-2H3,(H,19,20,21,22). The largest absolute Gasteiger partial charge is 0.493 e. The number of nitrogens with zero attached hydrogens (tertiary/aromatic N) is 3. The molecule has 0 aliphatic rings. The summed E-state index contributed by atoms with van der Waals surface area (Å²) in [5, 5.41) is 4.81. The van der Waals surface area contributed by atoms with E-state index in [0.717, 1.165) is 26.3 Å². The molecule has 2 aromatic carbocycles. The molecule has 2 aromatic heterocycles. The van der Waals surface area contributed by atoms with Crippen molar-refractivity contribution in [2.24, 2.45) is 0 Å². The SMILES string of the molecule is COc1cc2ncnc(Nc3nc4ccc(N)cc4s3)c2cc1OC. The van der Waals surface area contributed by atoms with E-state index in [4.69, 9.17) is 15.2 Å². The topological polar surface area (TPSA) is 95.2 Å². The average molecular weight is 353 g/mol. The Morgan fingerprint density at radius 3 is 2.60 bits per heavy atom. The van der Waals surface area contributed by atoms with Crippen molar-refractivity contribution in [1.29, 1.82) is 0 Å². The molecule has 0 amide bonds. The highest BCUT2D eigenvalue weighted by Gasteiger charge is 2.12. The van der Waals surface area contributed by atoms with Crippen LogP contribution in [0.1, 0.15) is 0 Å². The summed E-state index contributed by atoms with van der Waals surface area (Å²) in [5.74, 6) is 1.89. The molecule has 4 aromatic rings. The van der Waals surface area contributed by atoms with Crippen LogP contribution in [-0.2, 0) is 0 Å². The highest BCUT2D eigenvalue weighted by atomic mass is 32.1. The maximum absolute atomic E-state index is 5.83. The number of ether oxygens (including phenoxy) is 2. The van der Waals surface area contributed by atoms with E-state index in [1.165, 1.54) is 17.7 Å². The Hall–Kier alpha value is -3.13. The fourth-order valence-electron chi connectivity index (χ4n) is 2.58. The number of rotatable bonds is 4. The van der Waals surface area contributed by atoms with Gasteiger partial charge in [0.05, 0.1) is 30.0 Å². The minimum atomic E-state index is 0.616. The predicted molar refractivity (Wildman–Crippen MR) is 100.0 cm³/mol. The predicted octanol–water partition coefficient (Wildman–Crippen LogP) is 3.58. The maximum atomic E-state index is 5.83. The van der Waals surface area contributed by atoms with Gasteiger partial charge >= 0.3 is 0 Å². The van der Waals surface area contributed by atoms with Crippen LogP contribution in [0.5, 0.6) is 11.5 Å². The van der Waals surface area contributed by atoms with Gasteiger partial charge in [-0.15, -0.1) is 0 Å². The smallest absolute Gasteiger partial charge is 0.189 e. The second-order valence-electron chi connectivity index (χ2n) is 5.32. The molecule has 0 spiro atoms. The molecule has 0 saturated carbocycles. The summed E-state index contributed by atoms with van der Waals surface area (Å²) < 4.78 is 11.7. The van der Waals surface area contributed by atoms with Gasteiger partial charge in [0.2, 0.25) is 0 Å². The van der Waals surface area contributed by atoms with Gasteiger partial charge < -0.3 is 20.5 Å². The summed E-state index contributed by atoms with van der Waals surface area (Å²) in [7, 11) is 3.19. The number of hydrogen-bond donors (Lipinski definition) is 2. The van der Waals surface area contributed by atoms with Crippen LogP contribution in [0.15, 0.2) is 36.7 Å². The third-order valence-electron chi connectivity index (χ3n) is 3.78. The molecule has 4 rings (SSSR count). The molecule has 0 unspecified atom stereocenters. The molecule has 0 radical (unpaired) electrons. The zero-order chi connectivity index (χ0) is 17.4. The van der Waals surface area contributed by atoms with Crippen molar-refractivity contribution in [2.45, 2.75) is 0 Å². The number of fused-ring (bicyclic) bond motifs is 2. The minimum Gasteiger partial charge on any atom is -0.493 e. The zero-order valence-electron chi connectivity index (χ0n) is 13.6. The quantitative estimate of drug-likeness (QED) is 0.541. The molecular weight excluding hydrogens is 338 g/mol. The summed E-state index contributed by atoms with van der Waals surface area (Å²) in [4.78, 5) is 13.2. The molecule has 0 atom stereocenters. The first-order valence-electron chi connectivity index (χ1n) is 7.48. The van der Waals surface area contributed by atoms with Crippen LogP contribution in [0.25, 0.3) is 21.1 Å². The maximum Gasteiger partial charge on any atom is 0.189 e. The average Bonchev–Trinajstić information content (AvgIpc) is 3.02. The number of nitrogen functional groups attached to an aromatic ring is 1. The lowest BCUT2D eigenvalue weighted by Gasteiger charge is -2.10. The van der Waals surface area contributed by atoms with Gasteiger partial charge in [0, 0.05) is 17.1 Å². The van der Waals surface area contributed by atoms with E-state index >= 15 is 0 Å². The van der Waals surface area contributed by atoms with Gasteiger partial charge in [-0.3, -0.25) is 0 Å². The number of anilines is 3. The molecule has 7 nitrogen and oxygen atoms in total. The molecule has 3 N–H and O–H groups in total. The molecule has 0 saturated heterocycles. The summed E-state index contributed by atoms with van der Waals surface area (Å²) in [6, 6.07) is 9.31. The van der Waals surface area contributed by atoms with Gasteiger partial charge in [-0.1, -0.05) is 11.3 Å². The first kappa shape index (κ1) is 15.4. The van der Waals surface area contributed by atoms with Crippen LogP contribution in [0.2, 0.25) is 0 Å². The number of benzene rings is 2. The minimum absolute atomic E-state index is 0.616. The Labute approximate surface area is 147 Å². The first-order valence-corrected chi connectivity index (χ1v) is 8.29. The number of methoxy groups -OCH3 is 2. The van der Waals surface area contributed by atoms with Crippen molar-refractivity contribution in [3.63, 3.8) is 0 Å². The number of hydrogen-bond acceptors (Lipinski definition) is 8. The second-order valence-corrected chi connectivity index (χ2v) is 6.35. The number of thiazole rings is 1. The third kappa shape index (κ3) is 2.76. The Bertz CT molecular complexity index is 1080. The van der Waals surface area contributed by atoms with Crippen molar-refractivity contribution in [2.75, 3.05) is 25.3 Å². The Balaban J connectivity index is 1.79. The molecule has 2 heterocycles. The van der Waals surface area contributed by atoms with Crippen LogP contribution in [0, 0.1) is 0 Å². The fraction of sp³-hybridized carbons (Fsp3) is 0.118. The lowest BCUT2D eigenvalue weighted by Crippen LogP contribution is -1.97. The van der Waals surface area contributed by atoms with Gasteiger partial charge in [-0.2, -0.15) is 0 Å². The molecule has 126 valence electrons. The van der Waals surface area contributed by atoms with E-state index in [-0.39, 0.29) is 0 Å². The van der Waals surface area contributed by atoms with Gasteiger partial charge in [-0.05, 0) is 24.3 Å². The zero-order valence-corrected chi connectivity index (χ0v) is 14.4. The van der Waals surface area contributed by atoms with Crippen LogP contribution in [0.4, 0.5) is 16.6 Å². The lowest BCUT2D eigenvalue weighted by atomic mass is 10.2. The summed E-state index contributed by atoms with van der Waals surface area (Å²) in [6.45, 7) is 0. The molecule has 0 aliphatic carbocycles. The van der Waals surface area contributed by atoms with E-state index in [9.17, 15) is 0 Å². The summed E-state index contributed by atoms with van der Waals surface area (Å²) >= 11 is 1.51. The molecule has 25 heavy (non-hydrogen) atoms. The molecule has 0 fully saturated rings. The number of nitrogens with one attached hydrogen (secondary N) is 1.